The highest BCUT2D eigenvalue weighted by molar-refractivity contribution is 5.49. The minimum atomic E-state index is 0.616. The molecule has 1 fully saturated rings. The quantitative estimate of drug-likeness (QED) is 0.893. The van der Waals surface area contributed by atoms with Crippen molar-refractivity contribution in [1.29, 1.82) is 0 Å². The van der Waals surface area contributed by atoms with Crippen molar-refractivity contribution in [2.24, 2.45) is 0 Å². The molecule has 5 nitrogen and oxygen atoms in total. The Bertz CT molecular complexity index is 434. The van der Waals surface area contributed by atoms with E-state index in [0.29, 0.717) is 6.04 Å². The summed E-state index contributed by atoms with van der Waals surface area (Å²) in [4.78, 5) is 13.9. The monoisotopic (exact) mass is 277 g/mol. The Kier molecular flexibility index (Phi) is 5.17. The van der Waals surface area contributed by atoms with Crippen LogP contribution in [0.2, 0.25) is 0 Å². The Labute approximate surface area is 122 Å². The second-order valence-electron chi connectivity index (χ2n) is 5.62. The van der Waals surface area contributed by atoms with Crippen LogP contribution in [0.25, 0.3) is 0 Å². The van der Waals surface area contributed by atoms with Crippen molar-refractivity contribution in [3.05, 3.63) is 11.8 Å². The molecule has 2 heterocycles. The molecule has 0 saturated carbocycles. The highest BCUT2D eigenvalue weighted by Gasteiger charge is 2.24. The van der Waals surface area contributed by atoms with Crippen LogP contribution in [0.3, 0.4) is 0 Å². The normalized spacial score (nSPS) is 20.2. The zero-order chi connectivity index (χ0) is 14.5. The average Bonchev–Trinajstić information content (AvgIpc) is 2.47. The molecule has 0 amide bonds. The molecule has 0 bridgehead atoms. The zero-order valence-electron chi connectivity index (χ0n) is 13.2. The van der Waals surface area contributed by atoms with Crippen LogP contribution < -0.4 is 10.2 Å². The molecule has 1 N–H and O–H groups in total. The van der Waals surface area contributed by atoms with Crippen LogP contribution in [-0.4, -0.2) is 54.1 Å². The molecule has 1 atom stereocenters. The molecule has 1 unspecified atom stereocenters. The summed E-state index contributed by atoms with van der Waals surface area (Å²) < 4.78 is 0. The summed E-state index contributed by atoms with van der Waals surface area (Å²) in [6.07, 6.45) is 4.19. The fourth-order valence-corrected chi connectivity index (χ4v) is 2.65. The molecular weight excluding hydrogens is 250 g/mol. The van der Waals surface area contributed by atoms with Gasteiger partial charge in [0.05, 0.1) is 0 Å². The first-order valence-corrected chi connectivity index (χ1v) is 7.68. The lowest BCUT2D eigenvalue weighted by atomic mass is 10.1. The van der Waals surface area contributed by atoms with E-state index in [1.165, 1.54) is 6.42 Å². The minimum absolute atomic E-state index is 0.616. The van der Waals surface area contributed by atoms with E-state index < -0.39 is 0 Å². The predicted molar refractivity (Wildman–Crippen MR) is 84.5 cm³/mol. The smallest absolute Gasteiger partial charge is 0.224 e. The second kappa shape index (κ2) is 6.88. The van der Waals surface area contributed by atoms with Gasteiger partial charge in [-0.05, 0) is 26.8 Å². The van der Waals surface area contributed by atoms with Crippen LogP contribution >= 0.6 is 0 Å². The summed E-state index contributed by atoms with van der Waals surface area (Å²) in [6, 6.07) is 0.616. The van der Waals surface area contributed by atoms with Crippen molar-refractivity contribution in [2.45, 2.75) is 39.7 Å². The standard InChI is InChI=1S/C15H27N5/c1-5-7-16-15-17-10-12(3)14(18-15)20-9-8-19(4)13(6-2)11-20/h10,13H,5-9,11H2,1-4H3,(H,16,17,18). The Morgan fingerprint density at radius 2 is 2.15 bits per heavy atom. The summed E-state index contributed by atoms with van der Waals surface area (Å²) in [7, 11) is 2.21. The van der Waals surface area contributed by atoms with E-state index in [0.717, 1.165) is 49.9 Å². The Morgan fingerprint density at radius 3 is 2.85 bits per heavy atom. The number of hydrogen-bond donors (Lipinski definition) is 1. The SMILES string of the molecule is CCCNc1ncc(C)c(N2CCN(C)C(CC)C2)n1. The van der Waals surface area contributed by atoms with E-state index in [-0.39, 0.29) is 0 Å². The van der Waals surface area contributed by atoms with E-state index >= 15 is 0 Å². The number of likely N-dealkylation sites (N-methyl/N-ethyl adjacent to an activating group) is 1. The number of piperazine rings is 1. The molecule has 1 aromatic heterocycles. The molecule has 0 aliphatic carbocycles. The predicted octanol–water partition coefficient (Wildman–Crippen LogP) is 2.14. The first kappa shape index (κ1) is 15.0. The molecule has 0 aromatic carbocycles. The fraction of sp³-hybridized carbons (Fsp3) is 0.733. The number of hydrogen-bond acceptors (Lipinski definition) is 5. The maximum Gasteiger partial charge on any atom is 0.224 e. The van der Waals surface area contributed by atoms with Crippen molar-refractivity contribution in [1.82, 2.24) is 14.9 Å². The van der Waals surface area contributed by atoms with Gasteiger partial charge in [-0.1, -0.05) is 13.8 Å². The van der Waals surface area contributed by atoms with Crippen LogP contribution in [-0.2, 0) is 0 Å². The van der Waals surface area contributed by atoms with Crippen LogP contribution in [0.4, 0.5) is 11.8 Å². The number of rotatable bonds is 5. The van der Waals surface area contributed by atoms with E-state index in [9.17, 15) is 0 Å². The van der Waals surface area contributed by atoms with Crippen LogP contribution in [0.5, 0.6) is 0 Å². The van der Waals surface area contributed by atoms with Crippen LogP contribution in [0.15, 0.2) is 6.20 Å². The van der Waals surface area contributed by atoms with Crippen molar-refractivity contribution in [2.75, 3.05) is 43.4 Å². The number of aromatic nitrogens is 2. The van der Waals surface area contributed by atoms with Crippen molar-refractivity contribution >= 4 is 11.8 Å². The Hall–Kier alpha value is -1.36. The number of nitrogens with zero attached hydrogens (tertiary/aromatic N) is 4. The topological polar surface area (TPSA) is 44.3 Å². The third kappa shape index (κ3) is 3.39. The molecule has 1 aliphatic rings. The lowest BCUT2D eigenvalue weighted by Gasteiger charge is -2.40. The number of anilines is 2. The average molecular weight is 277 g/mol. The summed E-state index contributed by atoms with van der Waals surface area (Å²) in [5.74, 6) is 1.84. The highest BCUT2D eigenvalue weighted by atomic mass is 15.3. The van der Waals surface area contributed by atoms with Gasteiger partial charge in [-0.3, -0.25) is 4.90 Å². The molecule has 1 aromatic rings. The first-order chi connectivity index (χ1) is 9.65. The van der Waals surface area contributed by atoms with Gasteiger partial charge >= 0.3 is 0 Å². The maximum absolute atomic E-state index is 4.71. The van der Waals surface area contributed by atoms with Crippen molar-refractivity contribution in [3.63, 3.8) is 0 Å². The van der Waals surface area contributed by atoms with Gasteiger partial charge in [0.1, 0.15) is 5.82 Å². The van der Waals surface area contributed by atoms with E-state index in [2.05, 4.69) is 47.9 Å². The maximum atomic E-state index is 4.71. The van der Waals surface area contributed by atoms with E-state index in [1.807, 2.05) is 6.20 Å². The van der Waals surface area contributed by atoms with Crippen molar-refractivity contribution in [3.8, 4) is 0 Å². The summed E-state index contributed by atoms with van der Waals surface area (Å²) in [6.45, 7) is 10.6. The molecule has 0 spiro atoms. The van der Waals surface area contributed by atoms with Crippen LogP contribution in [0, 0.1) is 6.92 Å². The van der Waals surface area contributed by atoms with Gasteiger partial charge in [0.25, 0.3) is 0 Å². The van der Waals surface area contributed by atoms with E-state index in [4.69, 9.17) is 4.98 Å². The molecule has 2 rings (SSSR count). The van der Waals surface area contributed by atoms with Gasteiger partial charge in [-0.15, -0.1) is 0 Å². The van der Waals surface area contributed by atoms with Crippen molar-refractivity contribution < 1.29 is 0 Å². The van der Waals surface area contributed by atoms with Gasteiger partial charge in [-0.2, -0.15) is 4.98 Å². The summed E-state index contributed by atoms with van der Waals surface area (Å²) >= 11 is 0. The molecule has 112 valence electrons. The van der Waals surface area contributed by atoms with Gasteiger partial charge in [-0.25, -0.2) is 4.98 Å². The minimum Gasteiger partial charge on any atom is -0.354 e. The lowest BCUT2D eigenvalue weighted by molar-refractivity contribution is 0.213. The third-order valence-corrected chi connectivity index (χ3v) is 4.03. The first-order valence-electron chi connectivity index (χ1n) is 7.68. The Balaban J connectivity index is 2.14. The molecule has 5 heteroatoms. The Morgan fingerprint density at radius 1 is 1.35 bits per heavy atom. The van der Waals surface area contributed by atoms with Gasteiger partial charge in [0, 0.05) is 44.0 Å². The van der Waals surface area contributed by atoms with Gasteiger partial charge < -0.3 is 10.2 Å². The highest BCUT2D eigenvalue weighted by Crippen LogP contribution is 2.22. The molecule has 20 heavy (non-hydrogen) atoms. The molecule has 1 aliphatic heterocycles. The zero-order valence-corrected chi connectivity index (χ0v) is 13.2. The largest absolute Gasteiger partial charge is 0.354 e. The van der Waals surface area contributed by atoms with Gasteiger partial charge in [0.15, 0.2) is 0 Å². The fourth-order valence-electron chi connectivity index (χ4n) is 2.65. The second-order valence-corrected chi connectivity index (χ2v) is 5.62. The number of nitrogens with one attached hydrogen (secondary N) is 1. The van der Waals surface area contributed by atoms with Gasteiger partial charge in [0.2, 0.25) is 5.95 Å². The number of aryl methyl sites for hydroxylation is 1. The van der Waals surface area contributed by atoms with E-state index in [1.54, 1.807) is 0 Å². The molecular formula is C15H27N5. The molecule has 0 radical (unpaired) electrons. The molecule has 1 saturated heterocycles. The lowest BCUT2D eigenvalue weighted by Crippen LogP contribution is -2.51. The summed E-state index contributed by atoms with van der Waals surface area (Å²) in [5.41, 5.74) is 1.16. The third-order valence-electron chi connectivity index (χ3n) is 4.03. The van der Waals surface area contributed by atoms with Crippen LogP contribution in [0.1, 0.15) is 32.3 Å². The summed E-state index contributed by atoms with van der Waals surface area (Å²) in [5, 5.41) is 3.28.